The molecule has 0 saturated carbocycles. The highest BCUT2D eigenvalue weighted by Crippen LogP contribution is 2.33. The number of rotatable bonds is 4. The summed E-state index contributed by atoms with van der Waals surface area (Å²) < 4.78 is 13.6. The van der Waals surface area contributed by atoms with Crippen LogP contribution in [-0.4, -0.2) is 24.8 Å². The molecule has 0 amide bonds. The molecule has 0 aliphatic carbocycles. The fourth-order valence-electron chi connectivity index (χ4n) is 3.30. The molecule has 1 fully saturated rings. The summed E-state index contributed by atoms with van der Waals surface area (Å²) in [5.41, 5.74) is 4.63. The number of benzene rings is 2. The van der Waals surface area contributed by atoms with Crippen LogP contribution in [0.15, 0.2) is 67.0 Å². The molecule has 0 spiro atoms. The van der Waals surface area contributed by atoms with E-state index in [2.05, 4.69) is 65.2 Å². The lowest BCUT2D eigenvalue weighted by Gasteiger charge is -2.24. The zero-order valence-electron chi connectivity index (χ0n) is 14.6. The molecular weight excluding hydrogens is 312 g/mol. The normalized spacial score (nSPS) is 17.0. The van der Waals surface area contributed by atoms with Gasteiger partial charge in [-0.15, -0.1) is 0 Å². The molecule has 2 heterocycles. The van der Waals surface area contributed by atoms with Crippen LogP contribution in [0, 0.1) is 6.92 Å². The summed E-state index contributed by atoms with van der Waals surface area (Å²) in [6.07, 6.45) is 4.12. The van der Waals surface area contributed by atoms with E-state index in [0.717, 1.165) is 30.2 Å². The van der Waals surface area contributed by atoms with Crippen molar-refractivity contribution in [3.63, 3.8) is 0 Å². The molecule has 2 aromatic carbocycles. The highest BCUT2D eigenvalue weighted by molar-refractivity contribution is 5.51. The van der Waals surface area contributed by atoms with E-state index in [1.807, 2.05) is 18.2 Å². The van der Waals surface area contributed by atoms with Gasteiger partial charge in [-0.1, -0.05) is 29.8 Å². The summed E-state index contributed by atoms with van der Waals surface area (Å²) in [6.45, 7) is 3.74. The SMILES string of the molecule is COc1ccccc1-n1ccc([C@H]2OCCN2c2ccc(C)cc2)c1. The van der Waals surface area contributed by atoms with Crippen molar-refractivity contribution in [2.45, 2.75) is 13.2 Å². The smallest absolute Gasteiger partial charge is 0.158 e. The van der Waals surface area contributed by atoms with Crippen LogP contribution in [0.1, 0.15) is 17.4 Å². The van der Waals surface area contributed by atoms with Crippen molar-refractivity contribution in [3.8, 4) is 11.4 Å². The van der Waals surface area contributed by atoms with Crippen molar-refractivity contribution < 1.29 is 9.47 Å². The van der Waals surface area contributed by atoms with Crippen molar-refractivity contribution in [3.05, 3.63) is 78.1 Å². The maximum Gasteiger partial charge on any atom is 0.158 e. The summed E-state index contributed by atoms with van der Waals surface area (Å²) in [5, 5.41) is 0. The maximum absolute atomic E-state index is 6.02. The Bertz CT molecular complexity index is 854. The lowest BCUT2D eigenvalue weighted by atomic mass is 10.2. The molecule has 4 nitrogen and oxygen atoms in total. The Morgan fingerprint density at radius 1 is 1.04 bits per heavy atom. The Balaban J connectivity index is 1.64. The number of aryl methyl sites for hydroxylation is 1. The van der Waals surface area contributed by atoms with Gasteiger partial charge in [0.25, 0.3) is 0 Å². The molecule has 0 bridgehead atoms. The Morgan fingerprint density at radius 3 is 2.64 bits per heavy atom. The molecule has 4 rings (SSSR count). The van der Waals surface area contributed by atoms with E-state index in [4.69, 9.17) is 9.47 Å². The molecular formula is C21H22N2O2. The van der Waals surface area contributed by atoms with Crippen LogP contribution < -0.4 is 9.64 Å². The Morgan fingerprint density at radius 2 is 1.84 bits per heavy atom. The lowest BCUT2D eigenvalue weighted by molar-refractivity contribution is 0.114. The number of para-hydroxylation sites is 2. The first-order chi connectivity index (χ1) is 12.3. The van der Waals surface area contributed by atoms with Crippen LogP contribution in [0.25, 0.3) is 5.69 Å². The van der Waals surface area contributed by atoms with Crippen LogP contribution in [0.2, 0.25) is 0 Å². The minimum atomic E-state index is -0.0568. The number of aromatic nitrogens is 1. The van der Waals surface area contributed by atoms with E-state index in [1.165, 1.54) is 11.3 Å². The number of nitrogens with zero attached hydrogens (tertiary/aromatic N) is 2. The van der Waals surface area contributed by atoms with Gasteiger partial charge < -0.3 is 18.9 Å². The Hall–Kier alpha value is -2.72. The van der Waals surface area contributed by atoms with Gasteiger partial charge in [0.2, 0.25) is 0 Å². The van der Waals surface area contributed by atoms with Gasteiger partial charge in [-0.3, -0.25) is 0 Å². The summed E-state index contributed by atoms with van der Waals surface area (Å²) in [6, 6.07) is 18.7. The first-order valence-corrected chi connectivity index (χ1v) is 8.52. The summed E-state index contributed by atoms with van der Waals surface area (Å²) in [7, 11) is 1.70. The van der Waals surface area contributed by atoms with Crippen molar-refractivity contribution in [1.82, 2.24) is 4.57 Å². The van der Waals surface area contributed by atoms with Crippen LogP contribution in [0.5, 0.6) is 5.75 Å². The number of hydrogen-bond acceptors (Lipinski definition) is 3. The fraction of sp³-hybridized carbons (Fsp3) is 0.238. The van der Waals surface area contributed by atoms with Gasteiger partial charge in [-0.2, -0.15) is 0 Å². The van der Waals surface area contributed by atoms with Gasteiger partial charge >= 0.3 is 0 Å². The van der Waals surface area contributed by atoms with E-state index >= 15 is 0 Å². The lowest BCUT2D eigenvalue weighted by Crippen LogP contribution is -2.22. The van der Waals surface area contributed by atoms with E-state index in [-0.39, 0.29) is 6.23 Å². The standard InChI is InChI=1S/C21H22N2O2/c1-16-7-9-18(10-8-16)23-13-14-25-21(23)17-11-12-22(15-17)19-5-3-4-6-20(19)24-2/h3-12,15,21H,13-14H2,1-2H3/t21-/m1/s1. The predicted molar refractivity (Wildman–Crippen MR) is 99.5 cm³/mol. The molecule has 25 heavy (non-hydrogen) atoms. The van der Waals surface area contributed by atoms with E-state index in [0.29, 0.717) is 0 Å². The van der Waals surface area contributed by atoms with Crippen LogP contribution in [-0.2, 0) is 4.74 Å². The van der Waals surface area contributed by atoms with Gasteiger partial charge in [0.1, 0.15) is 5.75 Å². The van der Waals surface area contributed by atoms with Gasteiger partial charge in [-0.25, -0.2) is 0 Å². The van der Waals surface area contributed by atoms with Crippen molar-refractivity contribution in [2.24, 2.45) is 0 Å². The average molecular weight is 334 g/mol. The topological polar surface area (TPSA) is 26.6 Å². The number of methoxy groups -OCH3 is 1. The number of ether oxygens (including phenoxy) is 2. The molecule has 4 heteroatoms. The number of hydrogen-bond donors (Lipinski definition) is 0. The summed E-state index contributed by atoms with van der Waals surface area (Å²) >= 11 is 0. The second-order valence-electron chi connectivity index (χ2n) is 6.28. The van der Waals surface area contributed by atoms with Crippen molar-refractivity contribution in [2.75, 3.05) is 25.2 Å². The monoisotopic (exact) mass is 334 g/mol. The quantitative estimate of drug-likeness (QED) is 0.710. The molecule has 128 valence electrons. The zero-order chi connectivity index (χ0) is 17.2. The first kappa shape index (κ1) is 15.8. The predicted octanol–water partition coefficient (Wildman–Crippen LogP) is 4.33. The van der Waals surface area contributed by atoms with E-state index < -0.39 is 0 Å². The first-order valence-electron chi connectivity index (χ1n) is 8.52. The molecule has 1 aromatic heterocycles. The molecule has 1 atom stereocenters. The van der Waals surface area contributed by atoms with Gasteiger partial charge in [0.15, 0.2) is 6.23 Å². The minimum absolute atomic E-state index is 0.0568. The third-order valence-electron chi connectivity index (χ3n) is 4.62. The van der Waals surface area contributed by atoms with Crippen molar-refractivity contribution >= 4 is 5.69 Å². The van der Waals surface area contributed by atoms with E-state index in [1.54, 1.807) is 7.11 Å². The van der Waals surface area contributed by atoms with E-state index in [9.17, 15) is 0 Å². The minimum Gasteiger partial charge on any atom is -0.495 e. The van der Waals surface area contributed by atoms with Crippen LogP contribution >= 0.6 is 0 Å². The second-order valence-corrected chi connectivity index (χ2v) is 6.28. The van der Waals surface area contributed by atoms with Gasteiger partial charge in [0, 0.05) is 30.2 Å². The summed E-state index contributed by atoms with van der Waals surface area (Å²) in [5.74, 6) is 0.854. The molecule has 0 radical (unpaired) electrons. The fourth-order valence-corrected chi connectivity index (χ4v) is 3.30. The van der Waals surface area contributed by atoms with Crippen LogP contribution in [0.3, 0.4) is 0 Å². The molecule has 0 unspecified atom stereocenters. The van der Waals surface area contributed by atoms with Gasteiger partial charge in [-0.05, 0) is 37.3 Å². The highest BCUT2D eigenvalue weighted by atomic mass is 16.5. The summed E-state index contributed by atoms with van der Waals surface area (Å²) in [4.78, 5) is 2.31. The van der Waals surface area contributed by atoms with Gasteiger partial charge in [0.05, 0.1) is 19.4 Å². The van der Waals surface area contributed by atoms with Crippen LogP contribution in [0.4, 0.5) is 5.69 Å². The molecule has 1 aliphatic heterocycles. The number of anilines is 1. The average Bonchev–Trinajstić information content (AvgIpc) is 3.31. The Kier molecular flexibility index (Phi) is 4.20. The third kappa shape index (κ3) is 3.01. The maximum atomic E-state index is 6.02. The molecule has 3 aromatic rings. The molecule has 1 aliphatic rings. The second kappa shape index (κ2) is 6.65. The molecule has 1 saturated heterocycles. The Labute approximate surface area is 148 Å². The largest absolute Gasteiger partial charge is 0.495 e. The molecule has 0 N–H and O–H groups in total. The highest BCUT2D eigenvalue weighted by Gasteiger charge is 2.28. The third-order valence-corrected chi connectivity index (χ3v) is 4.62. The zero-order valence-corrected chi connectivity index (χ0v) is 14.6. The van der Waals surface area contributed by atoms with Crippen molar-refractivity contribution in [1.29, 1.82) is 0 Å².